The first-order valence-electron chi connectivity index (χ1n) is 5.14. The van der Waals surface area contributed by atoms with E-state index in [2.05, 4.69) is 10.0 Å². The van der Waals surface area contributed by atoms with Gasteiger partial charge in [-0.05, 0) is 22.6 Å². The van der Waals surface area contributed by atoms with Crippen molar-refractivity contribution in [1.29, 1.82) is 0 Å². The fourth-order valence-electron chi connectivity index (χ4n) is 2.15. The van der Waals surface area contributed by atoms with Crippen molar-refractivity contribution >= 4 is 28.3 Å². The van der Waals surface area contributed by atoms with Crippen molar-refractivity contribution in [2.45, 2.75) is 0 Å². The van der Waals surface area contributed by atoms with Gasteiger partial charge in [0, 0.05) is 21.5 Å². The van der Waals surface area contributed by atoms with Gasteiger partial charge in [0.1, 0.15) is 0 Å². The van der Waals surface area contributed by atoms with Crippen molar-refractivity contribution in [2.24, 2.45) is 5.11 Å². The lowest BCUT2D eigenvalue weighted by Crippen LogP contribution is -2.01. The lowest BCUT2D eigenvalue weighted by Gasteiger charge is -2.12. The van der Waals surface area contributed by atoms with Crippen molar-refractivity contribution in [3.8, 4) is 0 Å². The Balaban J connectivity index is 2.52. The third kappa shape index (κ3) is 1.32. The first-order chi connectivity index (χ1) is 8.31. The minimum atomic E-state index is -0.0128. The van der Waals surface area contributed by atoms with E-state index in [4.69, 9.17) is 5.53 Å². The summed E-state index contributed by atoms with van der Waals surface area (Å²) in [5.74, 6) is -0.0128. The van der Waals surface area contributed by atoms with Gasteiger partial charge in [-0.1, -0.05) is 41.5 Å². The standard InChI is InChI=1S/C13H7N3O/c14-16-15-11-6-4-8-5-7-12(17)10-3-1-2-9(11)13(8)10/h1-7H. The molecule has 0 saturated heterocycles. The van der Waals surface area contributed by atoms with Crippen LogP contribution in [0.3, 0.4) is 0 Å². The second-order valence-corrected chi connectivity index (χ2v) is 3.79. The van der Waals surface area contributed by atoms with Crippen LogP contribution in [0.1, 0.15) is 15.9 Å². The number of allylic oxidation sites excluding steroid dienone is 1. The minimum absolute atomic E-state index is 0.0128. The Morgan fingerprint density at radius 2 is 2.00 bits per heavy atom. The monoisotopic (exact) mass is 221 g/mol. The predicted octanol–water partition coefficient (Wildman–Crippen LogP) is 3.99. The number of benzene rings is 2. The molecule has 3 rings (SSSR count). The summed E-state index contributed by atoms with van der Waals surface area (Å²) in [7, 11) is 0. The average molecular weight is 221 g/mol. The molecular weight excluding hydrogens is 214 g/mol. The van der Waals surface area contributed by atoms with E-state index in [0.717, 1.165) is 16.3 Å². The maximum Gasteiger partial charge on any atom is 0.186 e. The van der Waals surface area contributed by atoms with E-state index in [9.17, 15) is 4.79 Å². The van der Waals surface area contributed by atoms with Crippen molar-refractivity contribution in [3.63, 3.8) is 0 Å². The number of rotatable bonds is 1. The first-order valence-corrected chi connectivity index (χ1v) is 5.14. The van der Waals surface area contributed by atoms with E-state index in [0.29, 0.717) is 11.3 Å². The van der Waals surface area contributed by atoms with Crippen molar-refractivity contribution < 1.29 is 4.79 Å². The van der Waals surface area contributed by atoms with Crippen molar-refractivity contribution in [2.75, 3.05) is 0 Å². The molecule has 0 fully saturated rings. The molecule has 17 heavy (non-hydrogen) atoms. The summed E-state index contributed by atoms with van der Waals surface area (Å²) in [5.41, 5.74) is 10.7. The van der Waals surface area contributed by atoms with E-state index in [1.165, 1.54) is 0 Å². The van der Waals surface area contributed by atoms with Crippen LogP contribution in [0.2, 0.25) is 0 Å². The quantitative estimate of drug-likeness (QED) is 0.408. The molecule has 80 valence electrons. The zero-order valence-corrected chi connectivity index (χ0v) is 8.79. The third-order valence-electron chi connectivity index (χ3n) is 2.88. The fourth-order valence-corrected chi connectivity index (χ4v) is 2.15. The molecule has 2 aromatic rings. The number of nitrogens with zero attached hydrogens (tertiary/aromatic N) is 3. The van der Waals surface area contributed by atoms with E-state index in [-0.39, 0.29) is 5.78 Å². The Kier molecular flexibility index (Phi) is 1.97. The zero-order valence-electron chi connectivity index (χ0n) is 8.79. The summed E-state index contributed by atoms with van der Waals surface area (Å²) in [6, 6.07) is 9.07. The van der Waals surface area contributed by atoms with Gasteiger partial charge in [-0.25, -0.2) is 0 Å². The van der Waals surface area contributed by atoms with Crippen LogP contribution in [0.4, 0.5) is 5.69 Å². The van der Waals surface area contributed by atoms with E-state index in [1.54, 1.807) is 30.4 Å². The number of hydrogen-bond acceptors (Lipinski definition) is 2. The minimum Gasteiger partial charge on any atom is -0.289 e. The van der Waals surface area contributed by atoms with Crippen LogP contribution >= 0.6 is 0 Å². The maximum absolute atomic E-state index is 11.8. The molecule has 0 saturated carbocycles. The molecule has 1 aliphatic carbocycles. The topological polar surface area (TPSA) is 65.8 Å². The molecular formula is C13H7N3O. The van der Waals surface area contributed by atoms with Gasteiger partial charge in [0.2, 0.25) is 0 Å². The largest absolute Gasteiger partial charge is 0.289 e. The van der Waals surface area contributed by atoms with Crippen LogP contribution in [-0.2, 0) is 0 Å². The van der Waals surface area contributed by atoms with Gasteiger partial charge in [-0.2, -0.15) is 0 Å². The highest BCUT2D eigenvalue weighted by molar-refractivity contribution is 6.21. The number of ketones is 1. The van der Waals surface area contributed by atoms with Gasteiger partial charge in [-0.3, -0.25) is 4.79 Å². The summed E-state index contributed by atoms with van der Waals surface area (Å²) in [6.07, 6.45) is 3.35. The van der Waals surface area contributed by atoms with Crippen LogP contribution in [0.15, 0.2) is 41.5 Å². The molecule has 0 aromatic heterocycles. The van der Waals surface area contributed by atoms with Crippen molar-refractivity contribution in [1.82, 2.24) is 0 Å². The van der Waals surface area contributed by atoms with Gasteiger partial charge in [0.25, 0.3) is 0 Å². The number of azide groups is 1. The summed E-state index contributed by atoms with van der Waals surface area (Å²) in [5, 5.41) is 5.33. The molecule has 1 aliphatic rings. The van der Waals surface area contributed by atoms with Crippen LogP contribution in [-0.4, -0.2) is 5.78 Å². The molecule has 2 aromatic carbocycles. The lowest BCUT2D eigenvalue weighted by molar-refractivity contribution is 0.104. The highest BCUT2D eigenvalue weighted by atomic mass is 16.1. The maximum atomic E-state index is 11.8. The SMILES string of the molecule is [N-]=[N+]=Nc1ccc2c3c(cccc13)C(=O)C=C2. The third-order valence-corrected chi connectivity index (χ3v) is 2.88. The summed E-state index contributed by atoms with van der Waals surface area (Å²) in [4.78, 5) is 14.6. The molecule has 0 bridgehead atoms. The van der Waals surface area contributed by atoms with Gasteiger partial charge in [0.15, 0.2) is 5.78 Å². The lowest BCUT2D eigenvalue weighted by atomic mass is 9.92. The summed E-state index contributed by atoms with van der Waals surface area (Å²) in [6.45, 7) is 0. The van der Waals surface area contributed by atoms with Crippen LogP contribution in [0, 0.1) is 0 Å². The van der Waals surface area contributed by atoms with Crippen LogP contribution in [0.25, 0.3) is 27.3 Å². The molecule has 0 N–H and O–H groups in total. The number of hydrogen-bond donors (Lipinski definition) is 0. The van der Waals surface area contributed by atoms with Gasteiger partial charge < -0.3 is 0 Å². The smallest absolute Gasteiger partial charge is 0.186 e. The normalized spacial score (nSPS) is 12.6. The molecule has 4 nitrogen and oxygen atoms in total. The highest BCUT2D eigenvalue weighted by Gasteiger charge is 2.15. The fraction of sp³-hybridized carbons (Fsp3) is 0. The van der Waals surface area contributed by atoms with Gasteiger partial charge in [-0.15, -0.1) is 0 Å². The number of carbonyl (C=O) groups excluding carboxylic acids is 1. The Morgan fingerprint density at radius 1 is 1.12 bits per heavy atom. The molecule has 0 unspecified atom stereocenters. The molecule has 0 aliphatic heterocycles. The molecule has 4 heteroatoms. The second kappa shape index (κ2) is 3.47. The van der Waals surface area contributed by atoms with E-state index in [1.807, 2.05) is 12.1 Å². The Hall–Kier alpha value is -2.58. The second-order valence-electron chi connectivity index (χ2n) is 3.79. The molecule has 0 spiro atoms. The summed E-state index contributed by atoms with van der Waals surface area (Å²) >= 11 is 0. The first kappa shape index (κ1) is 9.63. The Morgan fingerprint density at radius 3 is 2.82 bits per heavy atom. The number of carbonyl (C=O) groups is 1. The zero-order chi connectivity index (χ0) is 11.8. The Labute approximate surface area is 96.8 Å². The van der Waals surface area contributed by atoms with Crippen molar-refractivity contribution in [3.05, 3.63) is 58.0 Å². The molecule has 0 atom stereocenters. The summed E-state index contributed by atoms with van der Waals surface area (Å²) < 4.78 is 0. The molecule has 0 heterocycles. The van der Waals surface area contributed by atoms with Crippen LogP contribution in [0.5, 0.6) is 0 Å². The average Bonchev–Trinajstić information content (AvgIpc) is 2.36. The van der Waals surface area contributed by atoms with Gasteiger partial charge >= 0.3 is 0 Å². The van der Waals surface area contributed by atoms with E-state index < -0.39 is 0 Å². The van der Waals surface area contributed by atoms with E-state index >= 15 is 0 Å². The highest BCUT2D eigenvalue weighted by Crippen LogP contribution is 2.34. The molecule has 0 radical (unpaired) electrons. The van der Waals surface area contributed by atoms with Gasteiger partial charge in [0.05, 0.1) is 0 Å². The Bertz CT molecular complexity index is 725. The van der Waals surface area contributed by atoms with Crippen LogP contribution < -0.4 is 0 Å². The molecule has 0 amide bonds. The predicted molar refractivity (Wildman–Crippen MR) is 66.1 cm³/mol.